The zero-order chi connectivity index (χ0) is 18.5. The monoisotopic (exact) mass is 362 g/mol. The van der Waals surface area contributed by atoms with Crippen molar-refractivity contribution < 1.29 is 9.30 Å². The van der Waals surface area contributed by atoms with Gasteiger partial charge in [0.15, 0.2) is 6.20 Å². The van der Waals surface area contributed by atoms with Crippen molar-refractivity contribution in [2.75, 3.05) is 0 Å². The van der Waals surface area contributed by atoms with Gasteiger partial charge in [-0.25, -0.2) is 4.57 Å². The molecule has 1 aromatic carbocycles. The van der Waals surface area contributed by atoms with E-state index in [9.17, 15) is 0 Å². The molecule has 1 aromatic heterocycles. The summed E-state index contributed by atoms with van der Waals surface area (Å²) in [6, 6.07) is 11.3. The number of benzene rings is 1. The van der Waals surface area contributed by atoms with Gasteiger partial charge in [0.1, 0.15) is 18.4 Å². The van der Waals surface area contributed by atoms with Gasteiger partial charge in [-0.1, -0.05) is 37.8 Å². The number of pyridine rings is 1. The second-order valence-electron chi connectivity index (χ2n) is 9.13. The molecule has 0 unspecified atom stereocenters. The Morgan fingerprint density at radius 1 is 0.852 bits per heavy atom. The molecule has 142 valence electrons. The van der Waals surface area contributed by atoms with Crippen LogP contribution in [0.5, 0.6) is 5.75 Å². The van der Waals surface area contributed by atoms with E-state index in [4.69, 9.17) is 4.74 Å². The lowest BCUT2D eigenvalue weighted by Gasteiger charge is -2.49. The van der Waals surface area contributed by atoms with Crippen molar-refractivity contribution in [3.8, 4) is 17.0 Å². The maximum atomic E-state index is 7.14. The minimum Gasteiger partial charge on any atom is -0.485 e. The van der Waals surface area contributed by atoms with E-state index in [1.165, 1.54) is 92.3 Å². The lowest BCUT2D eigenvalue weighted by atomic mass is 9.57. The van der Waals surface area contributed by atoms with Crippen LogP contribution in [0.1, 0.15) is 75.3 Å². The summed E-state index contributed by atoms with van der Waals surface area (Å²) >= 11 is 0. The van der Waals surface area contributed by atoms with Gasteiger partial charge in [0.25, 0.3) is 0 Å². The van der Waals surface area contributed by atoms with Gasteiger partial charge in [-0.05, 0) is 57.1 Å². The van der Waals surface area contributed by atoms with Gasteiger partial charge in [0, 0.05) is 23.1 Å². The maximum Gasteiger partial charge on any atom is 0.216 e. The van der Waals surface area contributed by atoms with Crippen LogP contribution >= 0.6 is 0 Å². The fraction of sp³-hybridized carbons (Fsp3) is 0.560. The highest BCUT2D eigenvalue weighted by Crippen LogP contribution is 2.62. The molecule has 2 spiro atoms. The Morgan fingerprint density at radius 2 is 1.56 bits per heavy atom. The van der Waals surface area contributed by atoms with Gasteiger partial charge < -0.3 is 4.74 Å². The molecule has 2 aliphatic carbocycles. The number of rotatable bonds is 1. The van der Waals surface area contributed by atoms with Crippen molar-refractivity contribution >= 4 is 0 Å². The largest absolute Gasteiger partial charge is 0.485 e. The summed E-state index contributed by atoms with van der Waals surface area (Å²) in [6.07, 6.45) is 15.4. The Labute approximate surface area is 163 Å². The smallest absolute Gasteiger partial charge is 0.216 e. The van der Waals surface area contributed by atoms with E-state index in [-0.39, 0.29) is 11.0 Å². The van der Waals surface area contributed by atoms with Gasteiger partial charge in [0.05, 0.1) is 5.56 Å². The highest BCUT2D eigenvalue weighted by atomic mass is 16.5. The van der Waals surface area contributed by atoms with E-state index in [1.54, 1.807) is 0 Å². The van der Waals surface area contributed by atoms with Crippen molar-refractivity contribution in [1.29, 1.82) is 0 Å². The zero-order valence-corrected chi connectivity index (χ0v) is 16.9. The average Bonchev–Trinajstić information content (AvgIpc) is 2.93. The molecule has 2 saturated carbocycles. The van der Waals surface area contributed by atoms with Gasteiger partial charge >= 0.3 is 0 Å². The third-order valence-electron chi connectivity index (χ3n) is 7.73. The van der Waals surface area contributed by atoms with E-state index < -0.39 is 0 Å². The predicted molar refractivity (Wildman–Crippen MR) is 109 cm³/mol. The van der Waals surface area contributed by atoms with Crippen LogP contribution in [0.3, 0.4) is 0 Å². The van der Waals surface area contributed by atoms with E-state index in [1.807, 2.05) is 0 Å². The lowest BCUT2D eigenvalue weighted by molar-refractivity contribution is -0.660. The summed E-state index contributed by atoms with van der Waals surface area (Å²) in [5, 5.41) is 0. The average molecular weight is 363 g/mol. The third kappa shape index (κ3) is 2.41. The van der Waals surface area contributed by atoms with Crippen LogP contribution in [0.25, 0.3) is 11.3 Å². The second-order valence-corrected chi connectivity index (χ2v) is 9.13. The first-order valence-corrected chi connectivity index (χ1v) is 11.0. The van der Waals surface area contributed by atoms with Crippen molar-refractivity contribution in [3.63, 3.8) is 0 Å². The SMILES string of the molecule is Cc1ccc2c(c1-c1cccc[n+]1C)OC1(CCCCC1)C21CCCCC1. The van der Waals surface area contributed by atoms with E-state index in [0.717, 1.165) is 0 Å². The normalized spacial score (nSPS) is 22.6. The molecule has 0 bridgehead atoms. The van der Waals surface area contributed by atoms with Gasteiger partial charge in [-0.3, -0.25) is 0 Å². The number of hydrogen-bond acceptors (Lipinski definition) is 1. The molecular formula is C25H32NO+. The molecule has 0 saturated heterocycles. The first kappa shape index (κ1) is 17.3. The third-order valence-corrected chi connectivity index (χ3v) is 7.73. The Kier molecular flexibility index (Phi) is 4.07. The summed E-state index contributed by atoms with van der Waals surface area (Å²) in [7, 11) is 2.15. The Hall–Kier alpha value is -1.83. The maximum absolute atomic E-state index is 7.14. The summed E-state index contributed by atoms with van der Waals surface area (Å²) < 4.78 is 9.38. The highest BCUT2D eigenvalue weighted by molar-refractivity contribution is 5.74. The molecule has 0 N–H and O–H groups in total. The van der Waals surface area contributed by atoms with Crippen LogP contribution in [0.15, 0.2) is 36.5 Å². The van der Waals surface area contributed by atoms with Crippen molar-refractivity contribution in [1.82, 2.24) is 0 Å². The van der Waals surface area contributed by atoms with Crippen LogP contribution in [0.2, 0.25) is 0 Å². The first-order chi connectivity index (χ1) is 13.2. The number of aryl methyl sites for hydroxylation is 2. The molecule has 2 heteroatoms. The quantitative estimate of drug-likeness (QED) is 0.586. The van der Waals surface area contributed by atoms with E-state index in [2.05, 4.69) is 55.1 Å². The van der Waals surface area contributed by atoms with Crippen LogP contribution in [0, 0.1) is 6.92 Å². The number of nitrogens with zero attached hydrogens (tertiary/aromatic N) is 1. The van der Waals surface area contributed by atoms with Crippen LogP contribution in [-0.4, -0.2) is 5.60 Å². The second kappa shape index (κ2) is 6.36. The molecule has 0 radical (unpaired) electrons. The van der Waals surface area contributed by atoms with E-state index >= 15 is 0 Å². The fourth-order valence-electron chi connectivity index (χ4n) is 6.39. The molecule has 2 nitrogen and oxygen atoms in total. The zero-order valence-electron chi connectivity index (χ0n) is 16.9. The van der Waals surface area contributed by atoms with Crippen molar-refractivity contribution in [3.05, 3.63) is 47.7 Å². The molecule has 2 fully saturated rings. The van der Waals surface area contributed by atoms with Crippen molar-refractivity contribution in [2.45, 2.75) is 82.1 Å². The molecule has 3 aliphatic rings. The molecule has 5 rings (SSSR count). The van der Waals surface area contributed by atoms with Gasteiger partial charge in [0.2, 0.25) is 5.69 Å². The predicted octanol–water partition coefficient (Wildman–Crippen LogP) is 5.78. The summed E-state index contributed by atoms with van der Waals surface area (Å²) in [5.41, 5.74) is 5.73. The Morgan fingerprint density at radius 3 is 2.26 bits per heavy atom. The van der Waals surface area contributed by atoms with E-state index in [0.29, 0.717) is 0 Å². The molecule has 0 atom stereocenters. The van der Waals surface area contributed by atoms with Crippen LogP contribution in [0.4, 0.5) is 0 Å². The van der Waals surface area contributed by atoms with Gasteiger partial charge in [-0.15, -0.1) is 0 Å². The summed E-state index contributed by atoms with van der Waals surface area (Å²) in [6.45, 7) is 2.24. The van der Waals surface area contributed by atoms with Crippen molar-refractivity contribution in [2.24, 2.45) is 7.05 Å². The molecule has 2 aromatic rings. The molecule has 1 aliphatic heterocycles. The highest BCUT2D eigenvalue weighted by Gasteiger charge is 2.60. The number of fused-ring (bicyclic) bond motifs is 3. The number of ether oxygens (including phenoxy) is 1. The number of aromatic nitrogens is 1. The van der Waals surface area contributed by atoms with Crippen LogP contribution < -0.4 is 9.30 Å². The standard InChI is InChI=1S/C25H32NO/c1-19-12-13-20-23(22(19)21-11-5-10-18-26(21)2)27-25(16-8-4-9-17-25)24(20)14-6-3-7-15-24/h5,10-13,18H,3-4,6-9,14-17H2,1-2H3/q+1. The van der Waals surface area contributed by atoms with Gasteiger partial charge in [-0.2, -0.15) is 0 Å². The Bertz CT molecular complexity index is 857. The van der Waals surface area contributed by atoms with Crippen LogP contribution in [-0.2, 0) is 12.5 Å². The minimum atomic E-state index is 0.0455. The minimum absolute atomic E-state index is 0.0455. The summed E-state index contributed by atoms with van der Waals surface area (Å²) in [4.78, 5) is 0. The molecular weight excluding hydrogens is 330 g/mol. The Balaban J connectivity index is 1.74. The summed E-state index contributed by atoms with van der Waals surface area (Å²) in [5.74, 6) is 1.21. The molecule has 2 heterocycles. The molecule has 0 amide bonds. The molecule has 27 heavy (non-hydrogen) atoms. The topological polar surface area (TPSA) is 13.1 Å². The number of hydrogen-bond donors (Lipinski definition) is 0. The lowest BCUT2D eigenvalue weighted by Crippen LogP contribution is -2.53. The fourth-order valence-corrected chi connectivity index (χ4v) is 6.39. The first-order valence-electron chi connectivity index (χ1n) is 11.0.